The van der Waals surface area contributed by atoms with Gasteiger partial charge in [0.15, 0.2) is 6.04 Å². The van der Waals surface area contributed by atoms with Crippen molar-refractivity contribution in [3.8, 4) is 5.75 Å². The number of hydrogen-bond donors (Lipinski definition) is 8. The zero-order valence-corrected chi connectivity index (χ0v) is 14.9. The van der Waals surface area contributed by atoms with E-state index >= 15 is 0 Å². The third-order valence-corrected chi connectivity index (χ3v) is 4.52. The number of aliphatic carboxylic acids is 1. The number of carbonyl (C=O) groups is 2. The van der Waals surface area contributed by atoms with Gasteiger partial charge in [-0.15, -0.1) is 0 Å². The van der Waals surface area contributed by atoms with E-state index in [1.807, 2.05) is 0 Å². The molecule has 11 nitrogen and oxygen atoms in total. The summed E-state index contributed by atoms with van der Waals surface area (Å²) in [6.07, 6.45) is -4.65. The minimum atomic E-state index is -2.21. The van der Waals surface area contributed by atoms with Crippen molar-refractivity contribution in [2.24, 2.45) is 0 Å². The number of ether oxygens (including phenoxy) is 1. The fraction of sp³-hybridized carbons (Fsp3) is 0.529. The van der Waals surface area contributed by atoms with Crippen LogP contribution in [0.15, 0.2) is 24.3 Å². The summed E-state index contributed by atoms with van der Waals surface area (Å²) in [6, 6.07) is 5.14. The maximum atomic E-state index is 12.4. The first-order chi connectivity index (χ1) is 13.1. The van der Waals surface area contributed by atoms with E-state index in [9.17, 15) is 35.1 Å². The first-order valence-electron chi connectivity index (χ1n) is 8.63. The Morgan fingerprint density at radius 2 is 1.89 bits per heavy atom. The van der Waals surface area contributed by atoms with Crippen molar-refractivity contribution >= 4 is 11.9 Å². The van der Waals surface area contributed by atoms with Gasteiger partial charge in [0, 0.05) is 6.42 Å². The maximum Gasteiger partial charge on any atom is 0.322 e. The second-order valence-electron chi connectivity index (χ2n) is 6.69. The van der Waals surface area contributed by atoms with Gasteiger partial charge >= 0.3 is 5.97 Å². The fourth-order valence-corrected chi connectivity index (χ4v) is 2.84. The molecule has 1 aromatic carbocycles. The maximum absolute atomic E-state index is 12.4. The number of rotatable bonds is 8. The van der Waals surface area contributed by atoms with E-state index in [0.717, 1.165) is 0 Å². The van der Waals surface area contributed by atoms with Gasteiger partial charge in [-0.25, -0.2) is 0 Å². The van der Waals surface area contributed by atoms with Gasteiger partial charge in [-0.05, 0) is 17.7 Å². The van der Waals surface area contributed by atoms with Crippen LogP contribution in [0.1, 0.15) is 5.56 Å². The van der Waals surface area contributed by atoms with Gasteiger partial charge < -0.3 is 46.0 Å². The summed E-state index contributed by atoms with van der Waals surface area (Å²) in [7, 11) is 0. The molecular formula is C17H25N2O9+. The van der Waals surface area contributed by atoms with Crippen molar-refractivity contribution in [3.63, 3.8) is 0 Å². The van der Waals surface area contributed by atoms with Crippen molar-refractivity contribution in [1.82, 2.24) is 5.32 Å². The summed E-state index contributed by atoms with van der Waals surface area (Å²) in [5.41, 5.74) is 0.664. The number of carbonyl (C=O) groups excluding carboxylic acids is 1. The highest BCUT2D eigenvalue weighted by Crippen LogP contribution is 2.22. The molecule has 1 heterocycles. The molecule has 0 radical (unpaired) electrons. The van der Waals surface area contributed by atoms with Crippen LogP contribution in [0.3, 0.4) is 0 Å². The van der Waals surface area contributed by atoms with Gasteiger partial charge in [0.1, 0.15) is 37.2 Å². The van der Waals surface area contributed by atoms with Crippen LogP contribution in [0.25, 0.3) is 0 Å². The van der Waals surface area contributed by atoms with Crippen LogP contribution in [0.2, 0.25) is 0 Å². The highest BCUT2D eigenvalue weighted by Gasteiger charge is 2.50. The summed E-state index contributed by atoms with van der Waals surface area (Å²) in [4.78, 5) is 23.1. The smallest absolute Gasteiger partial charge is 0.322 e. The van der Waals surface area contributed by atoms with Gasteiger partial charge in [-0.2, -0.15) is 0 Å². The van der Waals surface area contributed by atoms with E-state index in [1.165, 1.54) is 17.4 Å². The van der Waals surface area contributed by atoms with Gasteiger partial charge in [0.05, 0.1) is 6.61 Å². The lowest BCUT2D eigenvalue weighted by atomic mass is 9.96. The minimum absolute atomic E-state index is 0.0418. The third-order valence-electron chi connectivity index (χ3n) is 4.52. The first kappa shape index (κ1) is 22.0. The number of nitrogens with one attached hydrogen (secondary N) is 1. The average molecular weight is 401 g/mol. The number of amides is 1. The quantitative estimate of drug-likeness (QED) is 0.213. The van der Waals surface area contributed by atoms with Crippen molar-refractivity contribution in [2.45, 2.75) is 36.6 Å². The van der Waals surface area contributed by atoms with Crippen LogP contribution in [0.5, 0.6) is 5.75 Å². The van der Waals surface area contributed by atoms with Gasteiger partial charge in [0.2, 0.25) is 5.79 Å². The molecule has 9 N–H and O–H groups in total. The Labute approximate surface area is 160 Å². The number of aliphatic hydroxyl groups is 4. The van der Waals surface area contributed by atoms with E-state index in [4.69, 9.17) is 9.84 Å². The Morgan fingerprint density at radius 1 is 1.25 bits per heavy atom. The topological polar surface area (TPSA) is 193 Å². The Kier molecular flexibility index (Phi) is 7.29. The molecular weight excluding hydrogens is 376 g/mol. The highest BCUT2D eigenvalue weighted by molar-refractivity contribution is 5.84. The van der Waals surface area contributed by atoms with Gasteiger partial charge in [0.25, 0.3) is 5.91 Å². The van der Waals surface area contributed by atoms with Crippen LogP contribution in [-0.2, 0) is 20.7 Å². The summed E-state index contributed by atoms with van der Waals surface area (Å²) in [6.45, 7) is -1.36. The summed E-state index contributed by atoms with van der Waals surface area (Å²) >= 11 is 0. The average Bonchev–Trinajstić information content (AvgIpc) is 2.66. The standard InChI is InChI=1S/C17H24N2O9/c20-10-3-1-9(2-4-10)5-11(16(26)18-6-13(22)23)19-8-17(27)15(25)14(24)12(21)7-28-17/h1-4,11-12,14-15,19-21,24-25,27H,5-8H2,(H,18,26)(H,22,23)/p+1/t11-,12+,14+,15-,17+/m0/s1. The Morgan fingerprint density at radius 3 is 2.50 bits per heavy atom. The van der Waals surface area contributed by atoms with Crippen molar-refractivity contribution in [3.05, 3.63) is 29.8 Å². The van der Waals surface area contributed by atoms with E-state index in [-0.39, 0.29) is 18.7 Å². The number of nitrogens with two attached hydrogens (primary N) is 1. The molecule has 28 heavy (non-hydrogen) atoms. The molecule has 1 saturated heterocycles. The molecule has 0 spiro atoms. The largest absolute Gasteiger partial charge is 0.508 e. The molecule has 1 amide bonds. The molecule has 1 aromatic rings. The molecule has 1 aliphatic rings. The normalized spacial score (nSPS) is 28.5. The zero-order chi connectivity index (χ0) is 20.9. The number of benzene rings is 1. The number of carboxylic acid groups (broad SMARTS) is 1. The molecule has 2 rings (SSSR count). The molecule has 5 atom stereocenters. The monoisotopic (exact) mass is 401 g/mol. The Bertz CT molecular complexity index is 684. The van der Waals surface area contributed by atoms with Crippen molar-refractivity contribution in [1.29, 1.82) is 0 Å². The lowest BCUT2D eigenvalue weighted by Crippen LogP contribution is -2.97. The number of hydrogen-bond acceptors (Lipinski definition) is 8. The van der Waals surface area contributed by atoms with Crippen LogP contribution in [-0.4, -0.2) is 92.4 Å². The van der Waals surface area contributed by atoms with Gasteiger partial charge in [-0.3, -0.25) is 9.59 Å². The molecule has 1 fully saturated rings. The number of phenolic OH excluding ortho intramolecular Hbond substituents is 1. The number of phenols is 1. The number of aromatic hydroxyl groups is 1. The van der Waals surface area contributed by atoms with E-state index in [1.54, 1.807) is 12.1 Å². The van der Waals surface area contributed by atoms with Crippen LogP contribution >= 0.6 is 0 Å². The highest BCUT2D eigenvalue weighted by atomic mass is 16.6. The first-order valence-corrected chi connectivity index (χ1v) is 8.63. The molecule has 156 valence electrons. The van der Waals surface area contributed by atoms with Crippen molar-refractivity contribution < 1.29 is 50.3 Å². The fourth-order valence-electron chi connectivity index (χ4n) is 2.84. The molecule has 0 saturated carbocycles. The Balaban J connectivity index is 2.08. The Hall–Kier alpha value is -2.28. The molecule has 0 bridgehead atoms. The summed E-state index contributed by atoms with van der Waals surface area (Å²) in [5.74, 6) is -4.01. The molecule has 1 aliphatic heterocycles. The van der Waals surface area contributed by atoms with Crippen LogP contribution < -0.4 is 10.6 Å². The van der Waals surface area contributed by atoms with E-state index in [2.05, 4.69) is 5.32 Å². The molecule has 0 aliphatic carbocycles. The predicted octanol–water partition coefficient (Wildman–Crippen LogP) is -4.13. The summed E-state index contributed by atoms with van der Waals surface area (Å²) < 4.78 is 5.06. The second kappa shape index (κ2) is 9.28. The number of aliphatic hydroxyl groups excluding tert-OH is 3. The molecule has 0 aromatic heterocycles. The molecule has 0 unspecified atom stereocenters. The third kappa shape index (κ3) is 5.61. The van der Waals surface area contributed by atoms with E-state index < -0.39 is 55.2 Å². The minimum Gasteiger partial charge on any atom is -0.508 e. The predicted molar refractivity (Wildman–Crippen MR) is 92.0 cm³/mol. The lowest BCUT2D eigenvalue weighted by molar-refractivity contribution is -0.700. The summed E-state index contributed by atoms with van der Waals surface area (Å²) in [5, 5.41) is 61.4. The number of carboxylic acids is 1. The number of quaternary nitrogens is 1. The zero-order valence-electron chi connectivity index (χ0n) is 14.9. The van der Waals surface area contributed by atoms with Crippen molar-refractivity contribution in [2.75, 3.05) is 19.7 Å². The van der Waals surface area contributed by atoms with Gasteiger partial charge in [-0.1, -0.05) is 12.1 Å². The molecule has 11 heteroatoms. The van der Waals surface area contributed by atoms with Crippen LogP contribution in [0.4, 0.5) is 0 Å². The SMILES string of the molecule is O=C(O)CNC(=O)[C@H](Cc1ccc(O)cc1)[NH2+]C[C@@]1(O)OC[C@@H](O)[C@@H](O)[C@@H]1O. The van der Waals surface area contributed by atoms with Crippen LogP contribution in [0, 0.1) is 0 Å². The van der Waals surface area contributed by atoms with E-state index in [0.29, 0.717) is 5.56 Å². The lowest BCUT2D eigenvalue weighted by Gasteiger charge is -2.40. The second-order valence-corrected chi connectivity index (χ2v) is 6.69.